The quantitative estimate of drug-likeness (QED) is 0.352. The summed E-state index contributed by atoms with van der Waals surface area (Å²) in [6, 6.07) is 0. The Kier molecular flexibility index (Phi) is 43.4. The second-order valence-electron chi connectivity index (χ2n) is 3.34. The van der Waals surface area contributed by atoms with Gasteiger partial charge in [-0.05, 0) is 38.4 Å². The van der Waals surface area contributed by atoms with E-state index in [2.05, 4.69) is 56.0 Å². The minimum atomic E-state index is 0. The van der Waals surface area contributed by atoms with Crippen molar-refractivity contribution in [2.75, 3.05) is 19.6 Å². The number of likely N-dealkylation sites (tertiary alicyclic amines) is 1. The fraction of sp³-hybridized carbons (Fsp3) is 1.00. The molecule has 0 aromatic heterocycles. The van der Waals surface area contributed by atoms with Crippen LogP contribution in [-0.4, -0.2) is 32.9 Å². The Bertz CT molecular complexity index is 98.4. The van der Waals surface area contributed by atoms with Crippen LogP contribution in [0.2, 0.25) is 0 Å². The molecule has 0 amide bonds. The van der Waals surface area contributed by atoms with E-state index in [9.17, 15) is 0 Å². The van der Waals surface area contributed by atoms with Gasteiger partial charge in [0, 0.05) is 8.41 Å². The standard InChI is InChI=1S/C9H19N.2C2H6.B.I3/c1-3-9-5-7-10(4-2)8-6-9;2*1-2;;1-3-2/h9H,3-8H2,1-2H3;2*1-2H3;;/q;;;;-1. The largest absolute Gasteiger partial charge is 0 e. The first-order chi connectivity index (χ1) is 8.28. The van der Waals surface area contributed by atoms with Crippen LogP contribution >= 0.6 is 37.2 Å². The molecule has 0 bridgehead atoms. The Morgan fingerprint density at radius 1 is 1.00 bits per heavy atom. The van der Waals surface area contributed by atoms with Gasteiger partial charge in [0.15, 0.2) is 0 Å². The first-order valence-corrected chi connectivity index (χ1v) is 19.4. The van der Waals surface area contributed by atoms with E-state index in [-0.39, 0.29) is 8.41 Å². The van der Waals surface area contributed by atoms with Gasteiger partial charge in [-0.2, -0.15) is 0 Å². The van der Waals surface area contributed by atoms with Crippen molar-refractivity contribution < 1.29 is 13.3 Å². The van der Waals surface area contributed by atoms with Gasteiger partial charge in [-0.25, -0.2) is 0 Å². The smallest absolute Gasteiger partial charge is 0 e. The van der Waals surface area contributed by atoms with Gasteiger partial charge >= 0.3 is 50.5 Å². The van der Waals surface area contributed by atoms with Crippen LogP contribution in [-0.2, 0) is 0 Å². The van der Waals surface area contributed by atoms with E-state index >= 15 is 0 Å². The van der Waals surface area contributed by atoms with Crippen molar-refractivity contribution in [3.63, 3.8) is 0 Å². The summed E-state index contributed by atoms with van der Waals surface area (Å²) < 4.78 is 0. The number of nitrogens with zero attached hydrogens (tertiary/aromatic N) is 1. The Labute approximate surface area is 148 Å². The topological polar surface area (TPSA) is 3.24 Å². The molecule has 0 N–H and O–H groups in total. The molecule has 0 atom stereocenters. The normalized spacial score (nSPS) is 14.9. The van der Waals surface area contributed by atoms with E-state index in [1.165, 1.54) is 38.9 Å². The zero-order valence-corrected chi connectivity index (χ0v) is 19.5. The molecule has 0 aromatic carbocycles. The van der Waals surface area contributed by atoms with E-state index in [1.807, 2.05) is 27.7 Å². The molecule has 1 saturated heterocycles. The summed E-state index contributed by atoms with van der Waals surface area (Å²) in [4.78, 5) is 2.55. The first-order valence-electron chi connectivity index (χ1n) is 6.87. The van der Waals surface area contributed by atoms with Crippen molar-refractivity contribution in [1.82, 2.24) is 4.90 Å². The van der Waals surface area contributed by atoms with Crippen LogP contribution in [0.4, 0.5) is 0 Å². The predicted octanol–water partition coefficient (Wildman–Crippen LogP) is 2.58. The van der Waals surface area contributed by atoms with E-state index in [0.29, 0.717) is 13.3 Å². The molecule has 1 rings (SSSR count). The first kappa shape index (κ1) is 28.4. The number of hydrogen-bond donors (Lipinski definition) is 0. The maximum absolute atomic E-state index is 2.55. The zero-order chi connectivity index (χ0) is 14.1. The van der Waals surface area contributed by atoms with Gasteiger partial charge in [-0.1, -0.05) is 48.0 Å². The molecule has 1 aliphatic rings. The van der Waals surface area contributed by atoms with E-state index in [0.717, 1.165) is 5.92 Å². The Morgan fingerprint density at radius 3 is 1.56 bits per heavy atom. The van der Waals surface area contributed by atoms with Crippen LogP contribution in [0.3, 0.4) is 0 Å². The fourth-order valence-electron chi connectivity index (χ4n) is 1.71. The summed E-state index contributed by atoms with van der Waals surface area (Å²) in [5.41, 5.74) is 0. The van der Waals surface area contributed by atoms with Crippen LogP contribution in [0, 0.1) is 5.92 Å². The summed E-state index contributed by atoms with van der Waals surface area (Å²) in [5.74, 6) is 1.03. The molecular formula is C13H31BI3N-. The van der Waals surface area contributed by atoms with Gasteiger partial charge in [0.25, 0.3) is 0 Å². The minimum absolute atomic E-state index is 0. The number of piperidine rings is 1. The average Bonchev–Trinajstić information content (AvgIpc) is 2.44. The molecule has 1 fully saturated rings. The van der Waals surface area contributed by atoms with Gasteiger partial charge in [0.2, 0.25) is 0 Å². The Hall–Kier alpha value is 2.21. The molecule has 0 spiro atoms. The zero-order valence-electron chi connectivity index (χ0n) is 13.0. The molecule has 113 valence electrons. The third kappa shape index (κ3) is 20.5. The van der Waals surface area contributed by atoms with Crippen molar-refractivity contribution in [2.24, 2.45) is 5.92 Å². The molecule has 0 saturated carbocycles. The van der Waals surface area contributed by atoms with E-state index in [4.69, 9.17) is 0 Å². The second-order valence-corrected chi connectivity index (χ2v) is 19.6. The summed E-state index contributed by atoms with van der Waals surface area (Å²) in [6.45, 7) is 16.5. The Morgan fingerprint density at radius 2 is 1.33 bits per heavy atom. The van der Waals surface area contributed by atoms with Gasteiger partial charge in [0.1, 0.15) is 0 Å². The maximum atomic E-state index is 2.55. The van der Waals surface area contributed by atoms with Crippen molar-refractivity contribution in [3.8, 4) is 0 Å². The van der Waals surface area contributed by atoms with E-state index in [1.54, 1.807) is 0 Å². The van der Waals surface area contributed by atoms with Crippen LogP contribution in [0.5, 0.6) is 0 Å². The minimum Gasteiger partial charge on any atom is 0 e. The molecule has 18 heavy (non-hydrogen) atoms. The number of hydrogen-bond acceptors (Lipinski definition) is 1. The van der Waals surface area contributed by atoms with Gasteiger partial charge in [0.05, 0.1) is 0 Å². The van der Waals surface area contributed by atoms with Crippen molar-refractivity contribution >= 4 is 45.6 Å². The molecule has 5 heteroatoms. The van der Waals surface area contributed by atoms with Gasteiger partial charge < -0.3 is 4.90 Å². The van der Waals surface area contributed by atoms with Crippen LogP contribution in [0.25, 0.3) is 0 Å². The second kappa shape index (κ2) is 27.5. The van der Waals surface area contributed by atoms with Crippen LogP contribution in [0.1, 0.15) is 60.8 Å². The van der Waals surface area contributed by atoms with E-state index < -0.39 is 0 Å². The maximum Gasteiger partial charge on any atom is 0 e. The molecule has 1 heterocycles. The molecule has 0 aliphatic carbocycles. The molecule has 0 aromatic rings. The van der Waals surface area contributed by atoms with Gasteiger partial charge in [-0.15, -0.1) is 0 Å². The predicted molar refractivity (Wildman–Crippen MR) is 102 cm³/mol. The third-order valence-electron chi connectivity index (χ3n) is 2.73. The van der Waals surface area contributed by atoms with Crippen molar-refractivity contribution in [3.05, 3.63) is 0 Å². The van der Waals surface area contributed by atoms with Crippen molar-refractivity contribution in [2.45, 2.75) is 60.8 Å². The Balaban J connectivity index is -0.000000106. The molecule has 3 radical (unpaired) electrons. The monoisotopic (exact) mass is 593 g/mol. The van der Waals surface area contributed by atoms with Gasteiger partial charge in [-0.3, -0.25) is 0 Å². The summed E-state index contributed by atoms with van der Waals surface area (Å²) in [7, 11) is 0. The van der Waals surface area contributed by atoms with Crippen LogP contribution < -0.4 is 13.3 Å². The summed E-state index contributed by atoms with van der Waals surface area (Å²) >= 11 is 5.30. The summed E-state index contributed by atoms with van der Waals surface area (Å²) in [5, 5.41) is 0. The molecule has 0 unspecified atom stereocenters. The van der Waals surface area contributed by atoms with Crippen LogP contribution in [0.15, 0.2) is 0 Å². The average molecular weight is 593 g/mol. The SMILES string of the molecule is CC.CC.CCC1CCN(CC)CC1.I[I-]I.[B]. The third-order valence-corrected chi connectivity index (χ3v) is 2.73. The molecular weight excluding hydrogens is 562 g/mol. The molecule has 1 nitrogen and oxygen atoms in total. The molecule has 1 aliphatic heterocycles. The fourth-order valence-corrected chi connectivity index (χ4v) is 1.71. The summed E-state index contributed by atoms with van der Waals surface area (Å²) in [6.07, 6.45) is 4.26. The number of rotatable bonds is 2. The van der Waals surface area contributed by atoms with Crippen molar-refractivity contribution in [1.29, 1.82) is 0 Å². The number of halogens is 3.